The number of amides is 2. The van der Waals surface area contributed by atoms with Crippen LogP contribution in [0.4, 0.5) is 0 Å². The number of methoxy groups -OCH3 is 2. The lowest BCUT2D eigenvalue weighted by molar-refractivity contribution is -0.146. The van der Waals surface area contributed by atoms with Gasteiger partial charge < -0.3 is 19.7 Å². The Labute approximate surface area is 163 Å². The Bertz CT molecular complexity index is 488. The normalized spacial score (nSPS) is 28.0. The average Bonchev–Trinajstić information content (AvgIpc) is 3.03. The van der Waals surface area contributed by atoms with Gasteiger partial charge in [-0.25, -0.2) is 0 Å². The molecule has 1 N–H and O–H groups in total. The Kier molecular flexibility index (Phi) is 7.53. The summed E-state index contributed by atoms with van der Waals surface area (Å²) in [4.78, 5) is 27.3. The molecule has 0 aromatic heterocycles. The van der Waals surface area contributed by atoms with Gasteiger partial charge in [-0.1, -0.05) is 25.7 Å². The maximum Gasteiger partial charge on any atom is 0.311 e. The molecule has 3 aliphatic rings. The number of ether oxygens (including phenoxy) is 2. The van der Waals surface area contributed by atoms with E-state index < -0.39 is 5.91 Å². The van der Waals surface area contributed by atoms with Crippen molar-refractivity contribution in [1.82, 2.24) is 10.2 Å². The number of likely N-dealkylation sites (tertiary alicyclic amines) is 1. The summed E-state index contributed by atoms with van der Waals surface area (Å²) in [6.07, 6.45) is 9.80. The number of hydrogen-bond acceptors (Lipinski definition) is 4. The monoisotopic (exact) mass is 380 g/mol. The fourth-order valence-electron chi connectivity index (χ4n) is 5.18. The lowest BCUT2D eigenvalue weighted by Gasteiger charge is -2.40. The van der Waals surface area contributed by atoms with E-state index in [2.05, 4.69) is 5.32 Å². The standard InChI is InChI=1S/C21H36N2O4/c1-26-13-17-11-23(12-18(17)14-27-2)21(25)20(24)22-19(16-9-6-10-16)15-7-4-3-5-8-15/h15-19H,3-14H2,1-2H3,(H,22,24)/t17-,18+,19?. The molecule has 27 heavy (non-hydrogen) atoms. The molecule has 6 heteroatoms. The van der Waals surface area contributed by atoms with Gasteiger partial charge in [-0.15, -0.1) is 0 Å². The van der Waals surface area contributed by atoms with E-state index in [4.69, 9.17) is 9.47 Å². The molecule has 3 atom stereocenters. The molecule has 0 radical (unpaired) electrons. The molecule has 0 spiro atoms. The lowest BCUT2D eigenvalue weighted by Crippen LogP contribution is -2.52. The molecule has 6 nitrogen and oxygen atoms in total. The van der Waals surface area contributed by atoms with Crippen LogP contribution in [0.3, 0.4) is 0 Å². The second kappa shape index (κ2) is 9.87. The van der Waals surface area contributed by atoms with Gasteiger partial charge in [0, 0.05) is 45.2 Å². The van der Waals surface area contributed by atoms with Gasteiger partial charge in [0.2, 0.25) is 0 Å². The molecule has 1 heterocycles. The summed E-state index contributed by atoms with van der Waals surface area (Å²) >= 11 is 0. The van der Waals surface area contributed by atoms with Crippen molar-refractivity contribution in [3.05, 3.63) is 0 Å². The van der Waals surface area contributed by atoms with E-state index >= 15 is 0 Å². The molecule has 0 bridgehead atoms. The van der Waals surface area contributed by atoms with Crippen molar-refractivity contribution >= 4 is 11.8 Å². The fraction of sp³-hybridized carbons (Fsp3) is 0.905. The third-order valence-corrected chi connectivity index (χ3v) is 6.93. The molecule has 2 amide bonds. The SMILES string of the molecule is COC[C@@H]1CN(C(=O)C(=O)NC(C2CCCCC2)C2CCC2)C[C@@H]1COC. The summed E-state index contributed by atoms with van der Waals surface area (Å²) in [6, 6.07) is 0.183. The molecule has 1 saturated heterocycles. The Morgan fingerprint density at radius 2 is 1.41 bits per heavy atom. The zero-order chi connectivity index (χ0) is 19.2. The van der Waals surface area contributed by atoms with Crippen LogP contribution in [0.5, 0.6) is 0 Å². The minimum absolute atomic E-state index is 0.183. The highest BCUT2D eigenvalue weighted by molar-refractivity contribution is 6.35. The maximum absolute atomic E-state index is 12.8. The quantitative estimate of drug-likeness (QED) is 0.688. The fourth-order valence-corrected chi connectivity index (χ4v) is 5.18. The molecular formula is C21H36N2O4. The lowest BCUT2D eigenvalue weighted by atomic mass is 9.71. The van der Waals surface area contributed by atoms with E-state index in [9.17, 15) is 9.59 Å². The van der Waals surface area contributed by atoms with Gasteiger partial charge in [-0.05, 0) is 37.5 Å². The Hall–Kier alpha value is -1.14. The molecule has 0 aromatic rings. The van der Waals surface area contributed by atoms with Gasteiger partial charge in [0.15, 0.2) is 0 Å². The van der Waals surface area contributed by atoms with Crippen LogP contribution in [0.1, 0.15) is 51.4 Å². The zero-order valence-electron chi connectivity index (χ0n) is 17.0. The predicted octanol–water partition coefficient (Wildman–Crippen LogP) is 2.22. The molecule has 2 saturated carbocycles. The van der Waals surface area contributed by atoms with Crippen LogP contribution in [-0.2, 0) is 19.1 Å². The van der Waals surface area contributed by atoms with E-state index in [1.54, 1.807) is 19.1 Å². The average molecular weight is 381 g/mol. The number of nitrogens with one attached hydrogen (secondary N) is 1. The first-order valence-corrected chi connectivity index (χ1v) is 10.7. The second-order valence-electron chi connectivity index (χ2n) is 8.73. The van der Waals surface area contributed by atoms with Crippen molar-refractivity contribution in [3.63, 3.8) is 0 Å². The third-order valence-electron chi connectivity index (χ3n) is 6.93. The highest BCUT2D eigenvalue weighted by Crippen LogP contribution is 2.38. The van der Waals surface area contributed by atoms with E-state index in [0.29, 0.717) is 38.1 Å². The van der Waals surface area contributed by atoms with Crippen LogP contribution in [-0.4, -0.2) is 63.3 Å². The zero-order valence-corrected chi connectivity index (χ0v) is 17.0. The first-order valence-electron chi connectivity index (χ1n) is 10.7. The minimum atomic E-state index is -0.410. The maximum atomic E-state index is 12.8. The van der Waals surface area contributed by atoms with Gasteiger partial charge >= 0.3 is 11.8 Å². The minimum Gasteiger partial charge on any atom is -0.384 e. The third kappa shape index (κ3) is 5.02. The second-order valence-corrected chi connectivity index (χ2v) is 8.73. The topological polar surface area (TPSA) is 67.9 Å². The van der Waals surface area contributed by atoms with Crippen LogP contribution in [0.25, 0.3) is 0 Å². The van der Waals surface area contributed by atoms with Crippen molar-refractivity contribution < 1.29 is 19.1 Å². The molecule has 1 aliphatic heterocycles. The Balaban J connectivity index is 1.59. The van der Waals surface area contributed by atoms with Crippen molar-refractivity contribution in [2.24, 2.45) is 23.7 Å². The van der Waals surface area contributed by atoms with E-state index in [0.717, 1.165) is 0 Å². The molecule has 2 aliphatic carbocycles. The summed E-state index contributed by atoms with van der Waals surface area (Å²) < 4.78 is 10.6. The van der Waals surface area contributed by atoms with Gasteiger partial charge in [0.1, 0.15) is 0 Å². The summed E-state index contributed by atoms with van der Waals surface area (Å²) in [5.41, 5.74) is 0. The molecule has 0 aromatic carbocycles. The van der Waals surface area contributed by atoms with Gasteiger partial charge in [-0.3, -0.25) is 9.59 Å². The van der Waals surface area contributed by atoms with Crippen LogP contribution >= 0.6 is 0 Å². The van der Waals surface area contributed by atoms with Crippen LogP contribution in [0, 0.1) is 23.7 Å². The number of carbonyl (C=O) groups is 2. The summed E-state index contributed by atoms with van der Waals surface area (Å²) in [5.74, 6) is 0.772. The smallest absolute Gasteiger partial charge is 0.311 e. The van der Waals surface area contributed by atoms with E-state index in [1.165, 1.54) is 51.4 Å². The van der Waals surface area contributed by atoms with Crippen molar-refractivity contribution in [3.8, 4) is 0 Å². The van der Waals surface area contributed by atoms with Crippen molar-refractivity contribution in [1.29, 1.82) is 0 Å². The Morgan fingerprint density at radius 3 is 1.85 bits per heavy atom. The van der Waals surface area contributed by atoms with Gasteiger partial charge in [0.25, 0.3) is 0 Å². The molecule has 3 rings (SSSR count). The highest BCUT2D eigenvalue weighted by Gasteiger charge is 2.40. The first kappa shape index (κ1) is 20.6. The largest absolute Gasteiger partial charge is 0.384 e. The highest BCUT2D eigenvalue weighted by atomic mass is 16.5. The predicted molar refractivity (Wildman–Crippen MR) is 103 cm³/mol. The summed E-state index contributed by atoms with van der Waals surface area (Å²) in [7, 11) is 3.35. The number of hydrogen-bond donors (Lipinski definition) is 1. The molecule has 1 unspecified atom stereocenters. The van der Waals surface area contributed by atoms with Crippen molar-refractivity contribution in [2.75, 3.05) is 40.5 Å². The van der Waals surface area contributed by atoms with Crippen LogP contribution in [0.2, 0.25) is 0 Å². The molecule has 3 fully saturated rings. The van der Waals surface area contributed by atoms with Crippen LogP contribution < -0.4 is 5.32 Å². The van der Waals surface area contributed by atoms with Gasteiger partial charge in [-0.2, -0.15) is 0 Å². The van der Waals surface area contributed by atoms with E-state index in [-0.39, 0.29) is 23.8 Å². The molecular weight excluding hydrogens is 344 g/mol. The Morgan fingerprint density at radius 1 is 0.889 bits per heavy atom. The van der Waals surface area contributed by atoms with E-state index in [1.807, 2.05) is 0 Å². The van der Waals surface area contributed by atoms with Crippen LogP contribution in [0.15, 0.2) is 0 Å². The number of carbonyl (C=O) groups excluding carboxylic acids is 2. The summed E-state index contributed by atoms with van der Waals surface area (Å²) in [6.45, 7) is 2.33. The summed E-state index contributed by atoms with van der Waals surface area (Å²) in [5, 5.41) is 3.17. The van der Waals surface area contributed by atoms with Crippen molar-refractivity contribution in [2.45, 2.75) is 57.4 Å². The number of rotatable bonds is 7. The molecule has 154 valence electrons. The first-order chi connectivity index (χ1) is 13.1. The number of nitrogens with zero attached hydrogens (tertiary/aromatic N) is 1. The van der Waals surface area contributed by atoms with Gasteiger partial charge in [0.05, 0.1) is 13.2 Å².